The van der Waals surface area contributed by atoms with Crippen molar-refractivity contribution in [3.05, 3.63) is 29.6 Å². The highest BCUT2D eigenvalue weighted by Gasteiger charge is 2.22. The molecule has 0 atom stereocenters. The van der Waals surface area contributed by atoms with Gasteiger partial charge in [-0.2, -0.15) is 0 Å². The van der Waals surface area contributed by atoms with Crippen LogP contribution in [0.1, 0.15) is 23.2 Å². The van der Waals surface area contributed by atoms with Gasteiger partial charge in [-0.05, 0) is 25.0 Å². The fraction of sp³-hybridized carbons (Fsp3) is 0.364. The summed E-state index contributed by atoms with van der Waals surface area (Å²) in [7, 11) is -1.86. The topological polar surface area (TPSA) is 60.8 Å². The van der Waals surface area contributed by atoms with Crippen LogP contribution in [0.25, 0.3) is 0 Å². The lowest BCUT2D eigenvalue weighted by Gasteiger charge is -2.15. The van der Waals surface area contributed by atoms with Gasteiger partial charge in [0, 0.05) is 24.1 Å². The molecule has 0 saturated carbocycles. The van der Waals surface area contributed by atoms with Crippen molar-refractivity contribution in [2.24, 2.45) is 0 Å². The van der Waals surface area contributed by atoms with Crippen LogP contribution < -0.4 is 5.46 Å². The predicted molar refractivity (Wildman–Crippen MR) is 61.4 cm³/mol. The molecule has 1 amide bonds. The molecule has 1 aromatic rings. The van der Waals surface area contributed by atoms with Gasteiger partial charge in [-0.25, -0.2) is 4.39 Å². The molecule has 6 heteroatoms. The standard InChI is InChI=1S/C11H13BFNO3/c13-10-7-8(3-4-9(10)12(16)17)11(15)14-5-1-2-6-14/h3-4,7,16-17H,1-2,5-6H2. The summed E-state index contributed by atoms with van der Waals surface area (Å²) in [5.41, 5.74) is 0.0248. The van der Waals surface area contributed by atoms with Crippen molar-refractivity contribution in [3.63, 3.8) is 0 Å². The number of carbonyl (C=O) groups excluding carboxylic acids is 1. The Morgan fingerprint density at radius 3 is 2.47 bits per heavy atom. The number of hydrogen-bond acceptors (Lipinski definition) is 3. The van der Waals surface area contributed by atoms with Gasteiger partial charge in [0.05, 0.1) is 0 Å². The molecular formula is C11H13BFNO3. The molecule has 4 nitrogen and oxygen atoms in total. The fourth-order valence-corrected chi connectivity index (χ4v) is 1.97. The summed E-state index contributed by atoms with van der Waals surface area (Å²) in [5.74, 6) is -0.981. The smallest absolute Gasteiger partial charge is 0.423 e. The zero-order valence-corrected chi connectivity index (χ0v) is 9.27. The average Bonchev–Trinajstić information content (AvgIpc) is 2.80. The Morgan fingerprint density at radius 2 is 1.94 bits per heavy atom. The van der Waals surface area contributed by atoms with E-state index in [0.717, 1.165) is 18.9 Å². The van der Waals surface area contributed by atoms with Gasteiger partial charge in [-0.15, -0.1) is 0 Å². The average molecular weight is 237 g/mol. The second-order valence-corrected chi connectivity index (χ2v) is 4.11. The van der Waals surface area contributed by atoms with Gasteiger partial charge < -0.3 is 14.9 Å². The van der Waals surface area contributed by atoms with Crippen molar-refractivity contribution >= 4 is 18.5 Å². The number of nitrogens with zero attached hydrogens (tertiary/aromatic N) is 1. The second-order valence-electron chi connectivity index (χ2n) is 4.11. The number of amides is 1. The lowest BCUT2D eigenvalue weighted by atomic mass is 9.79. The van der Waals surface area contributed by atoms with Crippen molar-refractivity contribution < 1.29 is 19.2 Å². The SMILES string of the molecule is O=C(c1ccc(B(O)O)c(F)c1)N1CCCC1. The third-order valence-electron chi connectivity index (χ3n) is 2.92. The van der Waals surface area contributed by atoms with Gasteiger partial charge in [0.2, 0.25) is 0 Å². The quantitative estimate of drug-likeness (QED) is 0.697. The summed E-state index contributed by atoms with van der Waals surface area (Å²) in [6, 6.07) is 3.69. The van der Waals surface area contributed by atoms with Gasteiger partial charge >= 0.3 is 7.12 Å². The molecule has 1 fully saturated rings. The van der Waals surface area contributed by atoms with Crippen LogP contribution in [0.4, 0.5) is 4.39 Å². The number of hydrogen-bond donors (Lipinski definition) is 2. The first-order valence-corrected chi connectivity index (χ1v) is 5.54. The highest BCUT2D eigenvalue weighted by molar-refractivity contribution is 6.58. The number of rotatable bonds is 2. The van der Waals surface area contributed by atoms with E-state index < -0.39 is 12.9 Å². The zero-order chi connectivity index (χ0) is 12.4. The Labute approximate surface area is 98.8 Å². The van der Waals surface area contributed by atoms with Crippen LogP contribution in [0, 0.1) is 5.82 Å². The molecule has 1 aliphatic heterocycles. The second kappa shape index (κ2) is 4.85. The van der Waals surface area contributed by atoms with Crippen LogP contribution in [-0.2, 0) is 0 Å². The first-order chi connectivity index (χ1) is 8.09. The maximum absolute atomic E-state index is 13.5. The van der Waals surface area contributed by atoms with E-state index in [1.165, 1.54) is 12.1 Å². The molecule has 0 aromatic heterocycles. The van der Waals surface area contributed by atoms with E-state index >= 15 is 0 Å². The zero-order valence-electron chi connectivity index (χ0n) is 9.27. The first kappa shape index (κ1) is 12.1. The van der Waals surface area contributed by atoms with E-state index in [1.54, 1.807) is 4.90 Å². The number of benzene rings is 1. The molecule has 1 heterocycles. The minimum absolute atomic E-state index is 0.208. The van der Waals surface area contributed by atoms with E-state index in [2.05, 4.69) is 0 Å². The number of likely N-dealkylation sites (tertiary alicyclic amines) is 1. The summed E-state index contributed by atoms with van der Waals surface area (Å²) < 4.78 is 13.5. The molecule has 0 radical (unpaired) electrons. The van der Waals surface area contributed by atoms with Gasteiger partial charge in [-0.1, -0.05) is 6.07 Å². The molecule has 0 unspecified atom stereocenters. The number of carbonyl (C=O) groups is 1. The van der Waals surface area contributed by atoms with Crippen molar-refractivity contribution in [2.45, 2.75) is 12.8 Å². The first-order valence-electron chi connectivity index (χ1n) is 5.54. The normalized spacial score (nSPS) is 15.1. The molecule has 2 N–H and O–H groups in total. The minimum atomic E-state index is -1.86. The van der Waals surface area contributed by atoms with Crippen LogP contribution in [0.3, 0.4) is 0 Å². The monoisotopic (exact) mass is 237 g/mol. The van der Waals surface area contributed by atoms with E-state index in [9.17, 15) is 9.18 Å². The molecule has 1 aromatic carbocycles. The Hall–Kier alpha value is -1.40. The molecular weight excluding hydrogens is 224 g/mol. The predicted octanol–water partition coefficient (Wildman–Crippen LogP) is -0.259. The van der Waals surface area contributed by atoms with Crippen LogP contribution >= 0.6 is 0 Å². The van der Waals surface area contributed by atoms with Crippen LogP contribution in [0.5, 0.6) is 0 Å². The molecule has 0 bridgehead atoms. The van der Waals surface area contributed by atoms with Gasteiger partial charge in [0.15, 0.2) is 0 Å². The Balaban J connectivity index is 2.22. The third kappa shape index (κ3) is 2.48. The van der Waals surface area contributed by atoms with Crippen molar-refractivity contribution in [2.75, 3.05) is 13.1 Å². The molecule has 17 heavy (non-hydrogen) atoms. The summed E-state index contributed by atoms with van der Waals surface area (Å²) in [6.07, 6.45) is 1.95. The highest BCUT2D eigenvalue weighted by atomic mass is 19.1. The van der Waals surface area contributed by atoms with Crippen molar-refractivity contribution in [1.29, 1.82) is 0 Å². The fourth-order valence-electron chi connectivity index (χ4n) is 1.97. The number of halogens is 1. The minimum Gasteiger partial charge on any atom is -0.423 e. The van der Waals surface area contributed by atoms with Crippen LogP contribution in [0.2, 0.25) is 0 Å². The third-order valence-corrected chi connectivity index (χ3v) is 2.92. The summed E-state index contributed by atoms with van der Waals surface area (Å²) in [6.45, 7) is 1.40. The van der Waals surface area contributed by atoms with Gasteiger partial charge in [0.1, 0.15) is 5.82 Å². The molecule has 0 spiro atoms. The molecule has 0 aliphatic carbocycles. The maximum Gasteiger partial charge on any atom is 0.491 e. The highest BCUT2D eigenvalue weighted by Crippen LogP contribution is 2.13. The molecule has 2 rings (SSSR count). The molecule has 1 saturated heterocycles. The van der Waals surface area contributed by atoms with E-state index in [1.807, 2.05) is 0 Å². The molecule has 90 valence electrons. The Morgan fingerprint density at radius 1 is 1.29 bits per heavy atom. The van der Waals surface area contributed by atoms with Gasteiger partial charge in [0.25, 0.3) is 5.91 Å². The summed E-state index contributed by atoms with van der Waals surface area (Å²) in [5, 5.41) is 17.7. The van der Waals surface area contributed by atoms with Crippen molar-refractivity contribution in [1.82, 2.24) is 4.90 Å². The summed E-state index contributed by atoms with van der Waals surface area (Å²) >= 11 is 0. The van der Waals surface area contributed by atoms with E-state index in [4.69, 9.17) is 10.0 Å². The van der Waals surface area contributed by atoms with E-state index in [0.29, 0.717) is 13.1 Å². The van der Waals surface area contributed by atoms with Crippen LogP contribution in [-0.4, -0.2) is 41.1 Å². The Kier molecular flexibility index (Phi) is 3.45. The summed E-state index contributed by atoms with van der Waals surface area (Å²) in [4.78, 5) is 13.6. The Bertz CT molecular complexity index is 433. The lowest BCUT2D eigenvalue weighted by Crippen LogP contribution is -2.34. The molecule has 1 aliphatic rings. The maximum atomic E-state index is 13.5. The van der Waals surface area contributed by atoms with Crippen molar-refractivity contribution in [3.8, 4) is 0 Å². The van der Waals surface area contributed by atoms with Crippen LogP contribution in [0.15, 0.2) is 18.2 Å². The largest absolute Gasteiger partial charge is 0.491 e. The lowest BCUT2D eigenvalue weighted by molar-refractivity contribution is 0.0792. The van der Waals surface area contributed by atoms with Gasteiger partial charge in [-0.3, -0.25) is 4.79 Å². The van der Waals surface area contributed by atoms with E-state index in [-0.39, 0.29) is 16.9 Å².